The van der Waals surface area contributed by atoms with Gasteiger partial charge in [-0.15, -0.1) is 10.2 Å². The van der Waals surface area contributed by atoms with E-state index < -0.39 is 26.7 Å². The molecule has 0 fully saturated rings. The SMILES string of the molecule is CCOc1cc(Cl)ccc1NC(=O)c1cc2ccccc2c(N=Nc2ccc(C)c(S(=O)(=O)O)c2Cl)c1O. The Morgan fingerprint density at radius 1 is 1.05 bits per heavy atom. The number of azo groups is 1. The van der Waals surface area contributed by atoms with Gasteiger partial charge >= 0.3 is 0 Å². The maximum absolute atomic E-state index is 13.2. The van der Waals surface area contributed by atoms with Crippen molar-refractivity contribution in [1.82, 2.24) is 0 Å². The smallest absolute Gasteiger partial charge is 0.296 e. The average Bonchev–Trinajstić information content (AvgIpc) is 2.85. The van der Waals surface area contributed by atoms with Crippen molar-refractivity contribution in [3.8, 4) is 11.5 Å². The van der Waals surface area contributed by atoms with Gasteiger partial charge in [-0.25, -0.2) is 0 Å². The number of fused-ring (bicyclic) bond motifs is 1. The molecule has 0 aliphatic rings. The first-order chi connectivity index (χ1) is 18.0. The minimum atomic E-state index is -4.63. The number of hydrogen-bond donors (Lipinski definition) is 3. The summed E-state index contributed by atoms with van der Waals surface area (Å²) in [6.45, 7) is 3.60. The number of rotatable bonds is 7. The van der Waals surface area contributed by atoms with Gasteiger partial charge in [-0.2, -0.15) is 8.42 Å². The third kappa shape index (κ3) is 5.58. The second-order valence-electron chi connectivity index (χ2n) is 8.09. The van der Waals surface area contributed by atoms with Gasteiger partial charge in [-0.3, -0.25) is 9.35 Å². The molecule has 3 N–H and O–H groups in total. The summed E-state index contributed by atoms with van der Waals surface area (Å²) in [5, 5.41) is 23.1. The molecule has 0 saturated heterocycles. The van der Waals surface area contributed by atoms with E-state index in [-0.39, 0.29) is 27.5 Å². The summed E-state index contributed by atoms with van der Waals surface area (Å²) in [5.74, 6) is -0.748. The van der Waals surface area contributed by atoms with Crippen LogP contribution in [0.25, 0.3) is 10.8 Å². The van der Waals surface area contributed by atoms with Crippen LogP contribution in [0.1, 0.15) is 22.8 Å². The van der Waals surface area contributed by atoms with Gasteiger partial charge in [0.05, 0.1) is 22.9 Å². The summed E-state index contributed by atoms with van der Waals surface area (Å²) in [6.07, 6.45) is 0. The first-order valence-corrected chi connectivity index (χ1v) is 13.4. The zero-order valence-corrected chi connectivity index (χ0v) is 22.4. The standard InChI is InChI=1S/C26H21Cl2N3O6S/c1-3-37-21-13-16(27)9-11-19(21)29-26(33)18-12-15-6-4-5-7-17(15)23(24(18)32)31-30-20-10-8-14(2)25(22(20)28)38(34,35)36/h4-13,32H,3H2,1-2H3,(H,29,33)(H,34,35,36). The number of halogens is 2. The Morgan fingerprint density at radius 2 is 1.79 bits per heavy atom. The number of phenols is 1. The van der Waals surface area contributed by atoms with Crippen LogP contribution in [0.4, 0.5) is 17.1 Å². The lowest BCUT2D eigenvalue weighted by Crippen LogP contribution is -2.13. The molecule has 196 valence electrons. The Hall–Kier alpha value is -3.70. The van der Waals surface area contributed by atoms with E-state index in [0.29, 0.717) is 33.8 Å². The Labute approximate surface area is 228 Å². The molecular weight excluding hydrogens is 553 g/mol. The number of phenolic OH excluding ortho intramolecular Hbond substituents is 1. The van der Waals surface area contributed by atoms with E-state index in [9.17, 15) is 22.9 Å². The van der Waals surface area contributed by atoms with Crippen LogP contribution in [-0.2, 0) is 10.1 Å². The van der Waals surface area contributed by atoms with Crippen molar-refractivity contribution in [3.63, 3.8) is 0 Å². The third-order valence-corrected chi connectivity index (χ3v) is 7.29. The summed E-state index contributed by atoms with van der Waals surface area (Å²) < 4.78 is 38.7. The largest absolute Gasteiger partial charge is 0.505 e. The predicted molar refractivity (Wildman–Crippen MR) is 146 cm³/mol. The quantitative estimate of drug-likeness (QED) is 0.155. The van der Waals surface area contributed by atoms with Crippen LogP contribution in [-0.4, -0.2) is 30.6 Å². The number of anilines is 1. The summed E-state index contributed by atoms with van der Waals surface area (Å²) in [4.78, 5) is 12.8. The van der Waals surface area contributed by atoms with Crippen molar-refractivity contribution in [1.29, 1.82) is 0 Å². The van der Waals surface area contributed by atoms with E-state index in [1.807, 2.05) is 0 Å². The first kappa shape index (κ1) is 27.3. The van der Waals surface area contributed by atoms with Crippen LogP contribution in [0.2, 0.25) is 10.0 Å². The highest BCUT2D eigenvalue weighted by Crippen LogP contribution is 2.41. The van der Waals surface area contributed by atoms with Crippen molar-refractivity contribution in [2.75, 3.05) is 11.9 Å². The zero-order chi connectivity index (χ0) is 27.6. The summed E-state index contributed by atoms with van der Waals surface area (Å²) in [5.41, 5.74) is 0.368. The molecule has 4 rings (SSSR count). The number of carbonyl (C=O) groups excluding carboxylic acids is 1. The number of nitrogens with one attached hydrogen (secondary N) is 1. The van der Waals surface area contributed by atoms with Crippen LogP contribution < -0.4 is 10.1 Å². The van der Waals surface area contributed by atoms with Crippen molar-refractivity contribution >= 4 is 67.1 Å². The van der Waals surface area contributed by atoms with E-state index >= 15 is 0 Å². The molecule has 0 heterocycles. The van der Waals surface area contributed by atoms with Gasteiger partial charge in [0, 0.05) is 16.5 Å². The summed E-state index contributed by atoms with van der Waals surface area (Å²) >= 11 is 12.3. The number of amides is 1. The fourth-order valence-electron chi connectivity index (χ4n) is 3.80. The number of aryl methyl sites for hydroxylation is 1. The van der Waals surface area contributed by atoms with E-state index in [0.717, 1.165) is 0 Å². The van der Waals surface area contributed by atoms with Crippen LogP contribution in [0.3, 0.4) is 0 Å². The number of benzene rings is 4. The van der Waals surface area contributed by atoms with Gasteiger partial charge in [-0.05, 0) is 49.1 Å². The topological polar surface area (TPSA) is 138 Å². The predicted octanol–water partition coefficient (Wildman–Crippen LogP) is 7.47. The van der Waals surface area contributed by atoms with E-state index in [4.69, 9.17) is 27.9 Å². The maximum atomic E-state index is 13.2. The number of ether oxygens (including phenoxy) is 1. The average molecular weight is 574 g/mol. The lowest BCUT2D eigenvalue weighted by atomic mass is 10.0. The molecule has 0 aliphatic carbocycles. The van der Waals surface area contributed by atoms with Gasteiger partial charge in [0.1, 0.15) is 22.0 Å². The fraction of sp³-hybridized carbons (Fsp3) is 0.115. The number of aromatic hydroxyl groups is 1. The molecule has 0 unspecified atom stereocenters. The van der Waals surface area contributed by atoms with Crippen LogP contribution >= 0.6 is 23.2 Å². The minimum absolute atomic E-state index is 0.0422. The Bertz CT molecular complexity index is 1710. The molecule has 9 nitrogen and oxygen atoms in total. The Kier molecular flexibility index (Phi) is 7.89. The zero-order valence-electron chi connectivity index (χ0n) is 20.1. The molecule has 0 spiro atoms. The van der Waals surface area contributed by atoms with Crippen LogP contribution in [0.15, 0.2) is 75.8 Å². The summed E-state index contributed by atoms with van der Waals surface area (Å²) in [7, 11) is -4.63. The van der Waals surface area contributed by atoms with Crippen molar-refractivity contribution in [2.45, 2.75) is 18.7 Å². The first-order valence-electron chi connectivity index (χ1n) is 11.2. The van der Waals surface area contributed by atoms with Gasteiger partial charge in [0.15, 0.2) is 5.75 Å². The second kappa shape index (κ2) is 11.0. The van der Waals surface area contributed by atoms with Gasteiger partial charge in [0.25, 0.3) is 16.0 Å². The Balaban J connectivity index is 1.80. The number of nitrogens with zero attached hydrogens (tertiary/aromatic N) is 2. The lowest BCUT2D eigenvalue weighted by molar-refractivity contribution is 0.102. The minimum Gasteiger partial charge on any atom is -0.505 e. The maximum Gasteiger partial charge on any atom is 0.296 e. The van der Waals surface area contributed by atoms with E-state index in [1.165, 1.54) is 25.1 Å². The molecule has 0 bridgehead atoms. The molecule has 12 heteroatoms. The third-order valence-electron chi connectivity index (χ3n) is 5.52. The number of carbonyl (C=O) groups is 1. The van der Waals surface area contributed by atoms with E-state index in [1.54, 1.807) is 49.4 Å². The summed E-state index contributed by atoms with van der Waals surface area (Å²) in [6, 6.07) is 15.9. The molecule has 0 aromatic heterocycles. The van der Waals surface area contributed by atoms with Crippen LogP contribution in [0, 0.1) is 6.92 Å². The fourth-order valence-corrected chi connectivity index (χ4v) is 5.31. The molecule has 38 heavy (non-hydrogen) atoms. The molecule has 0 atom stereocenters. The van der Waals surface area contributed by atoms with Crippen molar-refractivity contribution in [3.05, 3.63) is 81.8 Å². The molecule has 4 aromatic rings. The number of hydrogen-bond acceptors (Lipinski definition) is 7. The van der Waals surface area contributed by atoms with Crippen LogP contribution in [0.5, 0.6) is 11.5 Å². The molecule has 0 radical (unpaired) electrons. The molecule has 1 amide bonds. The highest BCUT2D eigenvalue weighted by Gasteiger charge is 2.22. The molecule has 0 saturated carbocycles. The molecule has 0 aliphatic heterocycles. The second-order valence-corrected chi connectivity index (χ2v) is 10.3. The lowest BCUT2D eigenvalue weighted by Gasteiger charge is -2.14. The van der Waals surface area contributed by atoms with Crippen molar-refractivity contribution < 1.29 is 27.6 Å². The van der Waals surface area contributed by atoms with Crippen molar-refractivity contribution in [2.24, 2.45) is 10.2 Å². The monoisotopic (exact) mass is 573 g/mol. The van der Waals surface area contributed by atoms with Gasteiger partial charge in [-0.1, -0.05) is 53.5 Å². The van der Waals surface area contributed by atoms with Gasteiger partial charge < -0.3 is 15.2 Å². The highest BCUT2D eigenvalue weighted by atomic mass is 35.5. The molecule has 4 aromatic carbocycles. The Morgan fingerprint density at radius 3 is 2.50 bits per heavy atom. The highest BCUT2D eigenvalue weighted by molar-refractivity contribution is 7.86. The normalized spacial score (nSPS) is 11.7. The van der Waals surface area contributed by atoms with Gasteiger partial charge in [0.2, 0.25) is 0 Å². The van der Waals surface area contributed by atoms with E-state index in [2.05, 4.69) is 15.5 Å². The molecular formula is C26H21Cl2N3O6S.